The van der Waals surface area contributed by atoms with Gasteiger partial charge in [0.1, 0.15) is 0 Å². The van der Waals surface area contributed by atoms with Crippen molar-refractivity contribution in [3.05, 3.63) is 0 Å². The molecule has 12 heavy (non-hydrogen) atoms. The van der Waals surface area contributed by atoms with Crippen molar-refractivity contribution in [2.75, 3.05) is 13.1 Å². The summed E-state index contributed by atoms with van der Waals surface area (Å²) in [6.45, 7) is 1.90. The van der Waals surface area contributed by atoms with Crippen LogP contribution in [0.1, 0.15) is 25.7 Å². The monoisotopic (exact) mass is 170 g/mol. The van der Waals surface area contributed by atoms with Crippen LogP contribution in [0.15, 0.2) is 4.99 Å². The van der Waals surface area contributed by atoms with Crippen LogP contribution >= 0.6 is 0 Å². The van der Waals surface area contributed by atoms with Crippen LogP contribution in [0.4, 0.5) is 0 Å². The van der Waals surface area contributed by atoms with E-state index in [9.17, 15) is 0 Å². The van der Waals surface area contributed by atoms with Gasteiger partial charge in [0, 0.05) is 12.6 Å². The van der Waals surface area contributed by atoms with Crippen molar-refractivity contribution in [3.8, 4) is 0 Å². The van der Waals surface area contributed by atoms with Crippen molar-refractivity contribution in [2.24, 2.45) is 16.5 Å². The van der Waals surface area contributed by atoms with Crippen LogP contribution in [0.3, 0.4) is 0 Å². The molecule has 0 saturated carbocycles. The van der Waals surface area contributed by atoms with Crippen LogP contribution in [-0.2, 0) is 0 Å². The van der Waals surface area contributed by atoms with Crippen LogP contribution in [0, 0.1) is 0 Å². The molecule has 1 aliphatic heterocycles. The van der Waals surface area contributed by atoms with Gasteiger partial charge in [-0.2, -0.15) is 0 Å². The third-order valence-electron chi connectivity index (χ3n) is 2.18. The Kier molecular flexibility index (Phi) is 3.87. The lowest BCUT2D eigenvalue weighted by atomic mass is 10.0. The van der Waals surface area contributed by atoms with Gasteiger partial charge in [-0.3, -0.25) is 4.99 Å². The molecule has 0 aromatic rings. The Bertz CT molecular complexity index is 145. The molecule has 0 radical (unpaired) electrons. The molecule has 4 nitrogen and oxygen atoms in total. The predicted molar refractivity (Wildman–Crippen MR) is 50.9 cm³/mol. The Balaban J connectivity index is 2.09. The summed E-state index contributed by atoms with van der Waals surface area (Å²) in [4.78, 5) is 3.95. The molecule has 1 fully saturated rings. The molecule has 0 amide bonds. The van der Waals surface area contributed by atoms with Crippen molar-refractivity contribution < 1.29 is 0 Å². The van der Waals surface area contributed by atoms with Crippen molar-refractivity contribution in [3.63, 3.8) is 0 Å². The fraction of sp³-hybridized carbons (Fsp3) is 0.875. The molecule has 4 heteroatoms. The molecule has 70 valence electrons. The molecule has 1 atom stereocenters. The lowest BCUT2D eigenvalue weighted by Gasteiger charge is -2.22. The Labute approximate surface area is 73.4 Å². The molecule has 0 aromatic heterocycles. The summed E-state index contributed by atoms with van der Waals surface area (Å²) in [5.74, 6) is 0.200. The number of aliphatic imine (C=N–C) groups is 1. The highest BCUT2D eigenvalue weighted by Crippen LogP contribution is 2.09. The van der Waals surface area contributed by atoms with Crippen LogP contribution in [0.2, 0.25) is 0 Å². The molecule has 0 bridgehead atoms. The maximum Gasteiger partial charge on any atom is 0.185 e. The maximum atomic E-state index is 5.22. The lowest BCUT2D eigenvalue weighted by molar-refractivity contribution is 0.386. The number of rotatable bonds is 3. The van der Waals surface area contributed by atoms with Crippen LogP contribution in [0.25, 0.3) is 0 Å². The number of nitrogens with two attached hydrogens (primary N) is 2. The van der Waals surface area contributed by atoms with E-state index in [0.29, 0.717) is 6.04 Å². The molecule has 0 aliphatic carbocycles. The molecule has 0 spiro atoms. The molecule has 1 saturated heterocycles. The number of nitrogens with zero attached hydrogens (tertiary/aromatic N) is 1. The van der Waals surface area contributed by atoms with Gasteiger partial charge >= 0.3 is 0 Å². The average molecular weight is 170 g/mol. The summed E-state index contributed by atoms with van der Waals surface area (Å²) < 4.78 is 0. The van der Waals surface area contributed by atoms with E-state index in [-0.39, 0.29) is 5.96 Å². The van der Waals surface area contributed by atoms with Gasteiger partial charge in [0.25, 0.3) is 0 Å². The van der Waals surface area contributed by atoms with Crippen molar-refractivity contribution in [1.29, 1.82) is 0 Å². The van der Waals surface area contributed by atoms with E-state index >= 15 is 0 Å². The first-order chi connectivity index (χ1) is 5.79. The minimum absolute atomic E-state index is 0.200. The van der Waals surface area contributed by atoms with E-state index in [4.69, 9.17) is 11.5 Å². The highest BCUT2D eigenvalue weighted by atomic mass is 15.0. The van der Waals surface area contributed by atoms with E-state index < -0.39 is 0 Å². The molecular weight excluding hydrogens is 152 g/mol. The van der Waals surface area contributed by atoms with E-state index in [1.165, 1.54) is 19.3 Å². The third-order valence-corrected chi connectivity index (χ3v) is 2.18. The molecule has 1 rings (SSSR count). The number of hydrogen-bond acceptors (Lipinski definition) is 2. The highest BCUT2D eigenvalue weighted by Gasteiger charge is 2.10. The van der Waals surface area contributed by atoms with E-state index in [1.54, 1.807) is 0 Å². The number of piperidine rings is 1. The summed E-state index contributed by atoms with van der Waals surface area (Å²) >= 11 is 0. The molecular formula is C8H18N4. The normalized spacial score (nSPS) is 23.5. The second kappa shape index (κ2) is 4.98. The second-order valence-electron chi connectivity index (χ2n) is 3.24. The SMILES string of the molecule is NC(N)=NCC[C@@H]1CCCCN1. The summed E-state index contributed by atoms with van der Waals surface area (Å²) in [5.41, 5.74) is 10.4. The molecule has 5 N–H and O–H groups in total. The first-order valence-corrected chi connectivity index (χ1v) is 4.58. The van der Waals surface area contributed by atoms with Gasteiger partial charge in [-0.05, 0) is 25.8 Å². The van der Waals surface area contributed by atoms with Crippen LogP contribution in [-0.4, -0.2) is 25.1 Å². The fourth-order valence-electron chi connectivity index (χ4n) is 1.52. The number of hydrogen-bond donors (Lipinski definition) is 3. The van der Waals surface area contributed by atoms with E-state index in [1.807, 2.05) is 0 Å². The van der Waals surface area contributed by atoms with Crippen molar-refractivity contribution >= 4 is 5.96 Å². The Morgan fingerprint density at radius 1 is 1.42 bits per heavy atom. The van der Waals surface area contributed by atoms with Gasteiger partial charge in [0.2, 0.25) is 0 Å². The topological polar surface area (TPSA) is 76.4 Å². The lowest BCUT2D eigenvalue weighted by Crippen LogP contribution is -2.34. The highest BCUT2D eigenvalue weighted by molar-refractivity contribution is 5.75. The number of nitrogens with one attached hydrogen (secondary N) is 1. The molecule has 0 unspecified atom stereocenters. The maximum absolute atomic E-state index is 5.22. The minimum atomic E-state index is 0.200. The third kappa shape index (κ3) is 3.57. The van der Waals surface area contributed by atoms with Gasteiger partial charge < -0.3 is 16.8 Å². The largest absolute Gasteiger partial charge is 0.370 e. The first-order valence-electron chi connectivity index (χ1n) is 4.58. The van der Waals surface area contributed by atoms with Gasteiger partial charge in [-0.25, -0.2) is 0 Å². The Morgan fingerprint density at radius 2 is 2.25 bits per heavy atom. The Morgan fingerprint density at radius 3 is 2.83 bits per heavy atom. The van der Waals surface area contributed by atoms with Crippen LogP contribution < -0.4 is 16.8 Å². The van der Waals surface area contributed by atoms with Gasteiger partial charge in [0.15, 0.2) is 5.96 Å². The smallest absolute Gasteiger partial charge is 0.185 e. The quantitative estimate of drug-likeness (QED) is 0.405. The molecule has 0 aromatic carbocycles. The first kappa shape index (κ1) is 9.32. The van der Waals surface area contributed by atoms with Gasteiger partial charge in [-0.15, -0.1) is 0 Å². The molecule has 1 heterocycles. The van der Waals surface area contributed by atoms with Crippen LogP contribution in [0.5, 0.6) is 0 Å². The zero-order valence-corrected chi connectivity index (χ0v) is 7.42. The Hall–Kier alpha value is -0.770. The van der Waals surface area contributed by atoms with Gasteiger partial charge in [0.05, 0.1) is 0 Å². The summed E-state index contributed by atoms with van der Waals surface area (Å²) in [5, 5.41) is 3.44. The zero-order valence-electron chi connectivity index (χ0n) is 7.42. The summed E-state index contributed by atoms with van der Waals surface area (Å²) in [6.07, 6.45) is 4.95. The summed E-state index contributed by atoms with van der Waals surface area (Å²) in [6, 6.07) is 0.627. The second-order valence-corrected chi connectivity index (χ2v) is 3.24. The zero-order chi connectivity index (χ0) is 8.81. The minimum Gasteiger partial charge on any atom is -0.370 e. The standard InChI is InChI=1S/C8H18N4/c9-8(10)12-6-4-7-3-1-2-5-11-7/h7,11H,1-6H2,(H4,9,10,12)/t7-/m0/s1. The van der Waals surface area contributed by atoms with E-state index in [2.05, 4.69) is 10.3 Å². The summed E-state index contributed by atoms with van der Waals surface area (Å²) in [7, 11) is 0. The predicted octanol–water partition coefficient (Wildman–Crippen LogP) is -0.208. The van der Waals surface area contributed by atoms with Gasteiger partial charge in [-0.1, -0.05) is 6.42 Å². The molecule has 1 aliphatic rings. The van der Waals surface area contributed by atoms with Crippen molar-refractivity contribution in [2.45, 2.75) is 31.7 Å². The fourth-order valence-corrected chi connectivity index (χ4v) is 1.52. The van der Waals surface area contributed by atoms with E-state index in [0.717, 1.165) is 19.5 Å². The number of guanidine groups is 1. The van der Waals surface area contributed by atoms with Crippen molar-refractivity contribution in [1.82, 2.24) is 5.32 Å². The average Bonchev–Trinajstić information content (AvgIpc) is 2.05.